The summed E-state index contributed by atoms with van der Waals surface area (Å²) < 4.78 is 5.45. The first-order valence-electron chi connectivity index (χ1n) is 6.93. The molecule has 5 nitrogen and oxygen atoms in total. The number of hydrogen-bond acceptors (Lipinski definition) is 4. The average molecular weight is 278 g/mol. The van der Waals surface area contributed by atoms with Crippen LogP contribution in [0.3, 0.4) is 0 Å². The van der Waals surface area contributed by atoms with Crippen molar-refractivity contribution in [2.45, 2.75) is 38.8 Å². The normalized spacial score (nSPS) is 22.9. The van der Waals surface area contributed by atoms with Gasteiger partial charge in [0.1, 0.15) is 5.60 Å². The van der Waals surface area contributed by atoms with Gasteiger partial charge in [0, 0.05) is 31.5 Å². The van der Waals surface area contributed by atoms with Crippen LogP contribution in [0.4, 0.5) is 4.79 Å². The molecule has 1 aliphatic heterocycles. The number of ether oxygens (including phenoxy) is 1. The van der Waals surface area contributed by atoms with Gasteiger partial charge in [-0.2, -0.15) is 0 Å². The van der Waals surface area contributed by atoms with Crippen LogP contribution >= 0.6 is 0 Å². The maximum Gasteiger partial charge on any atom is 0.410 e. The van der Waals surface area contributed by atoms with E-state index in [1.54, 1.807) is 17.3 Å². The molecule has 20 heavy (non-hydrogen) atoms. The van der Waals surface area contributed by atoms with Crippen molar-refractivity contribution >= 4 is 6.09 Å². The maximum atomic E-state index is 12.3. The molecule has 1 aliphatic rings. The second kappa shape index (κ2) is 5.79. The van der Waals surface area contributed by atoms with Gasteiger partial charge in [0.15, 0.2) is 0 Å². The van der Waals surface area contributed by atoms with Crippen molar-refractivity contribution in [1.29, 1.82) is 0 Å². The lowest BCUT2D eigenvalue weighted by atomic mass is 9.96. The second-order valence-electron chi connectivity index (χ2n) is 6.14. The largest absolute Gasteiger partial charge is 0.444 e. The Morgan fingerprint density at radius 3 is 2.85 bits per heavy atom. The van der Waals surface area contributed by atoms with Gasteiger partial charge in [-0.25, -0.2) is 4.79 Å². The number of likely N-dealkylation sites (tertiary alicyclic amines) is 1. The van der Waals surface area contributed by atoms with Gasteiger partial charge in [0.25, 0.3) is 0 Å². The SMILES string of the molecule is CC(C)(C)OC(=O)N1CC[C@@H](CO)[C@H]1c1cccnc1. The Bertz CT molecular complexity index is 456. The third kappa shape index (κ3) is 3.28. The molecule has 0 saturated carbocycles. The van der Waals surface area contributed by atoms with Gasteiger partial charge in [-0.3, -0.25) is 4.98 Å². The van der Waals surface area contributed by atoms with Gasteiger partial charge in [-0.1, -0.05) is 6.07 Å². The summed E-state index contributed by atoms with van der Waals surface area (Å²) in [6, 6.07) is 3.61. The number of pyridine rings is 1. The number of aromatic nitrogens is 1. The van der Waals surface area contributed by atoms with Crippen molar-refractivity contribution in [2.75, 3.05) is 13.2 Å². The summed E-state index contributed by atoms with van der Waals surface area (Å²) in [6.45, 7) is 6.20. The molecule has 0 bridgehead atoms. The number of amides is 1. The molecule has 1 aromatic rings. The zero-order valence-electron chi connectivity index (χ0n) is 12.2. The van der Waals surface area contributed by atoms with Crippen molar-refractivity contribution in [3.05, 3.63) is 30.1 Å². The van der Waals surface area contributed by atoms with E-state index < -0.39 is 5.60 Å². The first-order chi connectivity index (χ1) is 9.42. The van der Waals surface area contributed by atoms with Crippen LogP contribution in [-0.2, 0) is 4.74 Å². The molecule has 2 atom stereocenters. The molecule has 0 aliphatic carbocycles. The lowest BCUT2D eigenvalue weighted by molar-refractivity contribution is 0.0191. The summed E-state index contributed by atoms with van der Waals surface area (Å²) in [5.41, 5.74) is 0.420. The Kier molecular flexibility index (Phi) is 4.28. The van der Waals surface area contributed by atoms with E-state index in [0.717, 1.165) is 12.0 Å². The minimum absolute atomic E-state index is 0.0340. The number of carbonyl (C=O) groups is 1. The van der Waals surface area contributed by atoms with Crippen LogP contribution in [0.1, 0.15) is 38.8 Å². The van der Waals surface area contributed by atoms with E-state index >= 15 is 0 Å². The number of rotatable bonds is 2. The Labute approximate surface area is 119 Å². The van der Waals surface area contributed by atoms with Crippen molar-refractivity contribution in [3.63, 3.8) is 0 Å². The summed E-state index contributed by atoms with van der Waals surface area (Å²) in [5, 5.41) is 9.53. The second-order valence-corrected chi connectivity index (χ2v) is 6.14. The molecule has 110 valence electrons. The van der Waals surface area contributed by atoms with Crippen molar-refractivity contribution in [1.82, 2.24) is 9.88 Å². The van der Waals surface area contributed by atoms with Gasteiger partial charge in [-0.05, 0) is 38.8 Å². The summed E-state index contributed by atoms with van der Waals surface area (Å²) in [6.07, 6.45) is 3.89. The van der Waals surface area contributed by atoms with Crippen molar-refractivity contribution < 1.29 is 14.6 Å². The molecule has 1 fully saturated rings. The number of nitrogens with zero attached hydrogens (tertiary/aromatic N) is 2. The highest BCUT2D eigenvalue weighted by molar-refractivity contribution is 5.69. The highest BCUT2D eigenvalue weighted by Gasteiger charge is 2.39. The molecule has 0 unspecified atom stereocenters. The quantitative estimate of drug-likeness (QED) is 0.902. The molecule has 1 amide bonds. The van der Waals surface area contributed by atoms with Crippen LogP contribution < -0.4 is 0 Å². The molecule has 5 heteroatoms. The molecule has 1 saturated heterocycles. The van der Waals surface area contributed by atoms with E-state index in [9.17, 15) is 9.90 Å². The predicted molar refractivity (Wildman–Crippen MR) is 75.1 cm³/mol. The number of hydrogen-bond donors (Lipinski definition) is 1. The van der Waals surface area contributed by atoms with Gasteiger partial charge in [-0.15, -0.1) is 0 Å². The molecule has 0 radical (unpaired) electrons. The molecule has 1 aromatic heterocycles. The standard InChI is InChI=1S/C15H22N2O3/c1-15(2,3)20-14(19)17-8-6-12(10-18)13(17)11-5-4-7-16-9-11/h4-5,7,9,12-13,18H,6,8,10H2,1-3H3/t12-,13+/m0/s1. The van der Waals surface area contributed by atoms with Gasteiger partial charge in [0.05, 0.1) is 6.04 Å². The summed E-state index contributed by atoms with van der Waals surface area (Å²) in [5.74, 6) is 0.0340. The van der Waals surface area contributed by atoms with Gasteiger partial charge >= 0.3 is 6.09 Å². The fourth-order valence-corrected chi connectivity index (χ4v) is 2.58. The zero-order valence-corrected chi connectivity index (χ0v) is 12.2. The monoisotopic (exact) mass is 278 g/mol. The smallest absolute Gasteiger partial charge is 0.410 e. The van der Waals surface area contributed by atoms with E-state index in [1.165, 1.54) is 0 Å². The van der Waals surface area contributed by atoms with Crippen LogP contribution in [0.25, 0.3) is 0 Å². The molecule has 0 spiro atoms. The molecule has 2 rings (SSSR count). The molecular weight excluding hydrogens is 256 g/mol. The fourth-order valence-electron chi connectivity index (χ4n) is 2.58. The Morgan fingerprint density at radius 1 is 1.55 bits per heavy atom. The average Bonchev–Trinajstić information content (AvgIpc) is 2.81. The lowest BCUT2D eigenvalue weighted by Gasteiger charge is -2.30. The van der Waals surface area contributed by atoms with E-state index in [-0.39, 0.29) is 24.7 Å². The molecule has 1 N–H and O–H groups in total. The third-order valence-corrected chi connectivity index (χ3v) is 3.41. The molecule has 0 aromatic carbocycles. The van der Waals surface area contributed by atoms with Crippen molar-refractivity contribution in [2.24, 2.45) is 5.92 Å². The zero-order chi connectivity index (χ0) is 14.8. The van der Waals surface area contributed by atoms with Crippen LogP contribution in [0, 0.1) is 5.92 Å². The number of carbonyl (C=O) groups excluding carboxylic acids is 1. The van der Waals surface area contributed by atoms with Crippen LogP contribution in [0.5, 0.6) is 0 Å². The topological polar surface area (TPSA) is 62.7 Å². The van der Waals surface area contributed by atoms with E-state index in [0.29, 0.717) is 6.54 Å². The van der Waals surface area contributed by atoms with Gasteiger partial charge < -0.3 is 14.7 Å². The first-order valence-corrected chi connectivity index (χ1v) is 6.93. The lowest BCUT2D eigenvalue weighted by Crippen LogP contribution is -2.37. The summed E-state index contributed by atoms with van der Waals surface area (Å²) in [7, 11) is 0. The summed E-state index contributed by atoms with van der Waals surface area (Å²) >= 11 is 0. The number of aliphatic hydroxyl groups is 1. The van der Waals surface area contributed by atoms with Crippen LogP contribution in [-0.4, -0.2) is 39.8 Å². The number of aliphatic hydroxyl groups excluding tert-OH is 1. The summed E-state index contributed by atoms with van der Waals surface area (Å²) in [4.78, 5) is 18.1. The minimum atomic E-state index is -0.520. The highest BCUT2D eigenvalue weighted by atomic mass is 16.6. The minimum Gasteiger partial charge on any atom is -0.444 e. The van der Waals surface area contributed by atoms with Crippen LogP contribution in [0.15, 0.2) is 24.5 Å². The Balaban J connectivity index is 2.22. The Morgan fingerprint density at radius 2 is 2.30 bits per heavy atom. The third-order valence-electron chi connectivity index (χ3n) is 3.41. The Hall–Kier alpha value is -1.62. The maximum absolute atomic E-state index is 12.3. The highest BCUT2D eigenvalue weighted by Crippen LogP contribution is 2.37. The fraction of sp³-hybridized carbons (Fsp3) is 0.600. The van der Waals surface area contributed by atoms with E-state index in [4.69, 9.17) is 4.74 Å². The predicted octanol–water partition coefficient (Wildman–Crippen LogP) is 2.37. The molecular formula is C15H22N2O3. The van der Waals surface area contributed by atoms with E-state index in [2.05, 4.69) is 4.98 Å². The first kappa shape index (κ1) is 14.8. The van der Waals surface area contributed by atoms with Gasteiger partial charge in [0.2, 0.25) is 0 Å². The molecule has 2 heterocycles. The van der Waals surface area contributed by atoms with Crippen molar-refractivity contribution in [3.8, 4) is 0 Å². The van der Waals surface area contributed by atoms with E-state index in [1.807, 2.05) is 32.9 Å². The van der Waals surface area contributed by atoms with Crippen LogP contribution in [0.2, 0.25) is 0 Å².